The number of hydrogen-bond donors (Lipinski definition) is 3. The smallest absolute Gasteiger partial charge is 0.222 e. The third kappa shape index (κ3) is 13.5. The number of benzene rings is 2. The summed E-state index contributed by atoms with van der Waals surface area (Å²) in [6.45, 7) is 6.67. The maximum atomic E-state index is 11.2. The number of nitriles is 1. The SMILES string of the molecule is C#C.CCOc1ccc(CCNC)cc1.Cc1cc2cc(N=C(N)NC#N)ccc2o1.O=CCN1CCCCCC1=O. The Kier molecular flexibility index (Phi) is 17.6. The number of terminal acetylenes is 1. The Hall–Kier alpha value is -4.80. The minimum atomic E-state index is 0.0714. The van der Waals surface area contributed by atoms with Crippen molar-refractivity contribution in [3.05, 3.63) is 59.9 Å². The number of guanidine groups is 1. The number of hydrogen-bond acceptors (Lipinski definition) is 7. The number of carbonyl (C=O) groups is 2. The third-order valence-corrected chi connectivity index (χ3v) is 5.92. The molecule has 1 saturated heterocycles. The van der Waals surface area contributed by atoms with E-state index in [9.17, 15) is 9.59 Å². The topological polar surface area (TPSA) is 146 Å². The number of amides is 1. The monoisotopic (exact) mass is 574 g/mol. The van der Waals surface area contributed by atoms with Crippen molar-refractivity contribution in [1.82, 2.24) is 15.5 Å². The predicted molar refractivity (Wildman–Crippen MR) is 167 cm³/mol. The van der Waals surface area contributed by atoms with Gasteiger partial charge in [-0.1, -0.05) is 18.6 Å². The van der Waals surface area contributed by atoms with E-state index in [2.05, 4.69) is 40.6 Å². The van der Waals surface area contributed by atoms with E-state index < -0.39 is 0 Å². The molecule has 1 aliphatic rings. The summed E-state index contributed by atoms with van der Waals surface area (Å²) in [6, 6.07) is 15.6. The number of nitrogens with zero attached hydrogens (tertiary/aromatic N) is 3. The van der Waals surface area contributed by atoms with Crippen molar-refractivity contribution >= 4 is 34.8 Å². The molecule has 4 N–H and O–H groups in total. The second-order valence-corrected chi connectivity index (χ2v) is 9.06. The van der Waals surface area contributed by atoms with Crippen LogP contribution in [0.2, 0.25) is 0 Å². The van der Waals surface area contributed by atoms with Crippen LogP contribution in [0, 0.1) is 31.2 Å². The second kappa shape index (κ2) is 21.0. The summed E-state index contributed by atoms with van der Waals surface area (Å²) in [5.74, 6) is 2.01. The van der Waals surface area contributed by atoms with Crippen LogP contribution in [0.1, 0.15) is 43.9 Å². The number of nitrogens with one attached hydrogen (secondary N) is 2. The van der Waals surface area contributed by atoms with Crippen LogP contribution in [-0.2, 0) is 16.0 Å². The molecule has 1 aromatic heterocycles. The van der Waals surface area contributed by atoms with Gasteiger partial charge in [-0.2, -0.15) is 5.26 Å². The molecule has 0 spiro atoms. The first-order chi connectivity index (χ1) is 20.4. The maximum absolute atomic E-state index is 11.2. The summed E-state index contributed by atoms with van der Waals surface area (Å²) in [5.41, 5.74) is 8.29. The molecule has 10 nitrogen and oxygen atoms in total. The van der Waals surface area contributed by atoms with Crippen LogP contribution in [0.3, 0.4) is 0 Å². The molecule has 10 heteroatoms. The number of likely N-dealkylation sites (tertiary alicyclic amines) is 1. The minimum Gasteiger partial charge on any atom is -0.494 e. The number of nitrogens with two attached hydrogens (primary N) is 1. The highest BCUT2D eigenvalue weighted by Gasteiger charge is 2.14. The highest BCUT2D eigenvalue weighted by molar-refractivity contribution is 5.86. The van der Waals surface area contributed by atoms with Gasteiger partial charge in [0.05, 0.1) is 18.8 Å². The van der Waals surface area contributed by atoms with Gasteiger partial charge in [-0.25, -0.2) is 4.99 Å². The lowest BCUT2D eigenvalue weighted by atomic mass is 10.1. The Morgan fingerprint density at radius 1 is 1.19 bits per heavy atom. The number of rotatable bonds is 8. The van der Waals surface area contributed by atoms with E-state index in [1.54, 1.807) is 17.2 Å². The fraction of sp³-hybridized carbons (Fsp3) is 0.375. The van der Waals surface area contributed by atoms with Crippen molar-refractivity contribution in [1.29, 1.82) is 5.26 Å². The zero-order chi connectivity index (χ0) is 31.2. The van der Waals surface area contributed by atoms with Crippen LogP contribution < -0.4 is 21.1 Å². The molecular weight excluding hydrogens is 532 g/mol. The lowest BCUT2D eigenvalue weighted by Gasteiger charge is -2.16. The van der Waals surface area contributed by atoms with Gasteiger partial charge in [-0.3, -0.25) is 10.1 Å². The van der Waals surface area contributed by atoms with Gasteiger partial charge < -0.3 is 29.9 Å². The van der Waals surface area contributed by atoms with Crippen molar-refractivity contribution in [2.75, 3.05) is 33.3 Å². The molecule has 1 fully saturated rings. The molecule has 0 unspecified atom stereocenters. The molecule has 4 rings (SSSR count). The highest BCUT2D eigenvalue weighted by atomic mass is 16.5. The van der Waals surface area contributed by atoms with Crippen LogP contribution in [0.4, 0.5) is 5.69 Å². The maximum Gasteiger partial charge on any atom is 0.222 e. The first-order valence-electron chi connectivity index (χ1n) is 13.8. The number of ether oxygens (including phenoxy) is 1. The molecular formula is C32H42N6O4. The zero-order valence-electron chi connectivity index (χ0n) is 24.8. The van der Waals surface area contributed by atoms with Gasteiger partial charge in [-0.15, -0.1) is 12.8 Å². The Labute approximate surface area is 248 Å². The lowest BCUT2D eigenvalue weighted by molar-refractivity contribution is -0.132. The molecule has 1 aliphatic heterocycles. The van der Waals surface area contributed by atoms with Crippen LogP contribution in [0.15, 0.2) is 57.9 Å². The van der Waals surface area contributed by atoms with Crippen molar-refractivity contribution < 1.29 is 18.7 Å². The van der Waals surface area contributed by atoms with Gasteiger partial charge in [0.15, 0.2) is 6.19 Å². The molecule has 1 amide bonds. The van der Waals surface area contributed by atoms with E-state index in [1.807, 2.05) is 51.2 Å². The number of likely N-dealkylation sites (N-methyl/N-ethyl adjacent to an activating group) is 1. The summed E-state index contributed by atoms with van der Waals surface area (Å²) in [5, 5.41) is 14.7. The molecule has 2 heterocycles. The number of furan rings is 1. The fourth-order valence-electron chi connectivity index (χ4n) is 3.97. The van der Waals surface area contributed by atoms with Gasteiger partial charge in [0.1, 0.15) is 23.4 Å². The summed E-state index contributed by atoms with van der Waals surface area (Å²) < 4.78 is 10.8. The number of fused-ring (bicyclic) bond motifs is 1. The lowest BCUT2D eigenvalue weighted by Crippen LogP contribution is -2.31. The number of aliphatic imine (C=N–C) groups is 1. The summed E-state index contributed by atoms with van der Waals surface area (Å²) >= 11 is 0. The first-order valence-corrected chi connectivity index (χ1v) is 13.8. The predicted octanol–water partition coefficient (Wildman–Crippen LogP) is 4.44. The summed E-state index contributed by atoms with van der Waals surface area (Å²) in [4.78, 5) is 27.0. The van der Waals surface area contributed by atoms with Crippen LogP contribution in [-0.4, -0.2) is 56.3 Å². The molecule has 0 bridgehead atoms. The third-order valence-electron chi connectivity index (χ3n) is 5.92. The first kappa shape index (κ1) is 35.2. The van der Waals surface area contributed by atoms with Gasteiger partial charge in [0.25, 0.3) is 0 Å². The molecule has 0 saturated carbocycles. The molecule has 0 radical (unpaired) electrons. The Bertz CT molecular complexity index is 1310. The van der Waals surface area contributed by atoms with Crippen molar-refractivity contribution in [3.63, 3.8) is 0 Å². The van der Waals surface area contributed by atoms with E-state index in [4.69, 9.17) is 20.1 Å². The van der Waals surface area contributed by atoms with E-state index >= 15 is 0 Å². The summed E-state index contributed by atoms with van der Waals surface area (Å²) in [6.07, 6.45) is 15.3. The molecule has 0 aliphatic carbocycles. The molecule has 42 heavy (non-hydrogen) atoms. The van der Waals surface area contributed by atoms with Crippen molar-refractivity contribution in [2.24, 2.45) is 10.7 Å². The molecule has 0 atom stereocenters. The normalized spacial score (nSPS) is 12.6. The van der Waals surface area contributed by atoms with Gasteiger partial charge in [-0.05, 0) is 88.7 Å². The number of carbonyl (C=O) groups excluding carboxylic acids is 2. The molecule has 2 aromatic carbocycles. The fourth-order valence-corrected chi connectivity index (χ4v) is 3.97. The van der Waals surface area contributed by atoms with E-state index in [0.717, 1.165) is 74.1 Å². The Balaban J connectivity index is 0.000000311. The largest absolute Gasteiger partial charge is 0.494 e. The Morgan fingerprint density at radius 3 is 2.57 bits per heavy atom. The van der Waals surface area contributed by atoms with Gasteiger partial charge in [0.2, 0.25) is 11.9 Å². The van der Waals surface area contributed by atoms with E-state index in [1.165, 1.54) is 5.56 Å². The Morgan fingerprint density at radius 2 is 1.93 bits per heavy atom. The molecule has 224 valence electrons. The van der Waals surface area contributed by atoms with E-state index in [0.29, 0.717) is 12.1 Å². The van der Waals surface area contributed by atoms with Crippen molar-refractivity contribution in [2.45, 2.75) is 46.0 Å². The minimum absolute atomic E-state index is 0.0714. The molecule has 3 aromatic rings. The quantitative estimate of drug-likeness (QED) is 0.0894. The van der Waals surface area contributed by atoms with E-state index in [-0.39, 0.29) is 18.4 Å². The zero-order valence-corrected chi connectivity index (χ0v) is 24.8. The average Bonchev–Trinajstić information content (AvgIpc) is 3.25. The second-order valence-electron chi connectivity index (χ2n) is 9.06. The van der Waals surface area contributed by atoms with Gasteiger partial charge in [0, 0.05) is 18.4 Å². The van der Waals surface area contributed by atoms with Crippen LogP contribution in [0.5, 0.6) is 5.75 Å². The summed E-state index contributed by atoms with van der Waals surface area (Å²) in [7, 11) is 1.97. The number of aryl methyl sites for hydroxylation is 1. The average molecular weight is 575 g/mol. The van der Waals surface area contributed by atoms with Crippen molar-refractivity contribution in [3.8, 4) is 24.8 Å². The standard InChI is InChI=1S/C11H10N4O.C11H17NO.C8H13NO2.C2H2/c1-7-4-8-5-9(2-3-10(8)16-7)15-11(13)14-6-12;1-3-13-11-6-4-10(5-7-11)8-9-12-2;10-7-6-9-5-3-1-2-4-8(9)11;1-2/h2-5H,1H3,(H3,13,14,15);4-7,12H,3,8-9H2,1-2H3;7H,1-6H2;1-2H. The van der Waals surface area contributed by atoms with Crippen LogP contribution >= 0.6 is 0 Å². The highest BCUT2D eigenvalue weighted by Crippen LogP contribution is 2.24. The number of aldehydes is 1. The van der Waals surface area contributed by atoms with Crippen LogP contribution in [0.25, 0.3) is 11.0 Å². The van der Waals surface area contributed by atoms with Gasteiger partial charge >= 0.3 is 0 Å².